The van der Waals surface area contributed by atoms with Crippen LogP contribution in [0.25, 0.3) is 11.8 Å². The number of nitrogens with zero attached hydrogens (tertiary/aromatic N) is 4. The molecular weight excluding hydrogens is 438 g/mol. The molecule has 2 aromatic carbocycles. The third-order valence-electron chi connectivity index (χ3n) is 6.28. The van der Waals surface area contributed by atoms with Crippen LogP contribution >= 0.6 is 0 Å². The van der Waals surface area contributed by atoms with Crippen LogP contribution in [0.1, 0.15) is 42.1 Å². The highest BCUT2D eigenvalue weighted by Crippen LogP contribution is 2.35. The van der Waals surface area contributed by atoms with Gasteiger partial charge >= 0.3 is 0 Å². The Morgan fingerprint density at radius 3 is 2.79 bits per heavy atom. The Labute approximate surface area is 197 Å². The van der Waals surface area contributed by atoms with Crippen LogP contribution in [0.4, 0.5) is 8.78 Å². The highest BCUT2D eigenvalue weighted by Gasteiger charge is 2.31. The molecule has 0 aliphatic carbocycles. The van der Waals surface area contributed by atoms with Gasteiger partial charge in [-0.25, -0.2) is 13.8 Å². The number of methoxy groups -OCH3 is 1. The van der Waals surface area contributed by atoms with Crippen molar-refractivity contribution in [2.45, 2.75) is 32.2 Å². The highest BCUT2D eigenvalue weighted by molar-refractivity contribution is 6.02. The third-order valence-corrected chi connectivity index (χ3v) is 6.28. The van der Waals surface area contributed by atoms with Gasteiger partial charge in [0.1, 0.15) is 12.4 Å². The zero-order valence-corrected chi connectivity index (χ0v) is 19.2. The van der Waals surface area contributed by atoms with Gasteiger partial charge in [0.2, 0.25) is 0 Å². The average molecular weight is 465 g/mol. The summed E-state index contributed by atoms with van der Waals surface area (Å²) < 4.78 is 35.1. The summed E-state index contributed by atoms with van der Waals surface area (Å²) in [5.41, 5.74) is 4.57. The number of ether oxygens (including phenoxy) is 1. The van der Waals surface area contributed by atoms with Gasteiger partial charge in [0.25, 0.3) is 0 Å². The predicted molar refractivity (Wildman–Crippen MR) is 126 cm³/mol. The fourth-order valence-corrected chi connectivity index (χ4v) is 4.64. The Morgan fingerprint density at radius 2 is 2.03 bits per heavy atom. The van der Waals surface area contributed by atoms with Gasteiger partial charge in [-0.2, -0.15) is 0 Å². The summed E-state index contributed by atoms with van der Waals surface area (Å²) in [6.45, 7) is 3.12. The Balaban J connectivity index is 1.47. The summed E-state index contributed by atoms with van der Waals surface area (Å²) in [6, 6.07) is 9.99. The normalized spacial score (nSPS) is 19.3. The Morgan fingerprint density at radius 1 is 1.15 bits per heavy atom. The molecule has 0 saturated carbocycles. The summed E-state index contributed by atoms with van der Waals surface area (Å²) in [7, 11) is 1.65. The molecule has 0 amide bonds. The van der Waals surface area contributed by atoms with E-state index >= 15 is 0 Å². The quantitative estimate of drug-likeness (QED) is 0.517. The lowest BCUT2D eigenvalue weighted by Gasteiger charge is -2.36. The maximum absolute atomic E-state index is 14.0. The number of rotatable bonds is 4. The first-order valence-corrected chi connectivity index (χ1v) is 11.3. The zero-order chi connectivity index (χ0) is 23.7. The Hall–Kier alpha value is -3.68. The molecule has 3 heterocycles. The van der Waals surface area contributed by atoms with Crippen LogP contribution in [0, 0.1) is 18.6 Å². The lowest BCUT2D eigenvalue weighted by Crippen LogP contribution is -2.39. The van der Waals surface area contributed by atoms with E-state index in [1.54, 1.807) is 19.5 Å². The summed E-state index contributed by atoms with van der Waals surface area (Å²) in [6.07, 6.45) is 8.21. The lowest BCUT2D eigenvalue weighted by atomic mass is 9.95. The molecule has 2 aliphatic rings. The lowest BCUT2D eigenvalue weighted by molar-refractivity contribution is 0.140. The van der Waals surface area contributed by atoms with Crippen molar-refractivity contribution < 1.29 is 18.4 Å². The maximum Gasteiger partial charge on any atom is 0.171 e. The van der Waals surface area contributed by atoms with E-state index in [0.717, 1.165) is 59.1 Å². The largest absolute Gasteiger partial charge is 0.495 e. The van der Waals surface area contributed by atoms with Crippen LogP contribution in [0.3, 0.4) is 0 Å². The van der Waals surface area contributed by atoms with Crippen molar-refractivity contribution in [1.29, 1.82) is 0 Å². The fraction of sp³-hybridized carbons (Fsp3) is 0.308. The van der Waals surface area contributed by atoms with Crippen molar-refractivity contribution in [3.05, 3.63) is 83.0 Å². The standard InChI is InChI=1S/C26H26F2N4O2/c1-17-15-31(16-29-17)24-8-5-18(13-25(24)33-2)12-20-4-3-10-32-23(9-11-34-30-26(20)32)19-6-7-21(27)22(28)14-19/h5-8,12-16,23H,3-4,9-11H2,1-2H3/b20-12+/t23-/m1/s1. The number of oxime groups is 1. The van der Waals surface area contributed by atoms with Crippen molar-refractivity contribution in [3.8, 4) is 11.4 Å². The van der Waals surface area contributed by atoms with E-state index in [1.807, 2.05) is 35.9 Å². The van der Waals surface area contributed by atoms with Gasteiger partial charge in [0.05, 0.1) is 30.9 Å². The van der Waals surface area contributed by atoms with E-state index in [-0.39, 0.29) is 6.04 Å². The second kappa shape index (κ2) is 9.29. The number of amidine groups is 1. The third kappa shape index (κ3) is 4.27. The predicted octanol–water partition coefficient (Wildman–Crippen LogP) is 5.42. The second-order valence-electron chi connectivity index (χ2n) is 8.55. The molecule has 8 heteroatoms. The van der Waals surface area contributed by atoms with E-state index in [2.05, 4.69) is 21.1 Å². The average Bonchev–Trinajstić information content (AvgIpc) is 3.15. The fourth-order valence-electron chi connectivity index (χ4n) is 4.64. The zero-order valence-electron chi connectivity index (χ0n) is 19.2. The molecule has 5 rings (SSSR count). The number of imidazole rings is 1. The molecule has 6 nitrogen and oxygen atoms in total. The summed E-state index contributed by atoms with van der Waals surface area (Å²) >= 11 is 0. The monoisotopic (exact) mass is 464 g/mol. The van der Waals surface area contributed by atoms with E-state index in [4.69, 9.17) is 9.57 Å². The van der Waals surface area contributed by atoms with Crippen molar-refractivity contribution in [1.82, 2.24) is 14.5 Å². The van der Waals surface area contributed by atoms with Gasteiger partial charge in [-0.3, -0.25) is 0 Å². The van der Waals surface area contributed by atoms with E-state index in [0.29, 0.717) is 13.0 Å². The second-order valence-corrected chi connectivity index (χ2v) is 8.55. The number of fused-ring (bicyclic) bond motifs is 1. The minimum atomic E-state index is -0.843. The minimum Gasteiger partial charge on any atom is -0.495 e. The Kier molecular flexibility index (Phi) is 6.04. The topological polar surface area (TPSA) is 51.9 Å². The first kappa shape index (κ1) is 22.1. The summed E-state index contributed by atoms with van der Waals surface area (Å²) in [5.74, 6) is -0.205. The first-order chi connectivity index (χ1) is 16.5. The number of hydrogen-bond acceptors (Lipinski definition) is 5. The summed E-state index contributed by atoms with van der Waals surface area (Å²) in [5, 5.41) is 4.41. The molecule has 2 aliphatic heterocycles. The number of aromatic nitrogens is 2. The SMILES string of the molecule is COc1cc(/C=C2\CCCN3C2=NOCC[C@@H]3c2ccc(F)c(F)c2)ccc1-n1cnc(C)c1. The molecule has 0 unspecified atom stereocenters. The number of piperidine rings is 1. The highest BCUT2D eigenvalue weighted by atomic mass is 19.2. The minimum absolute atomic E-state index is 0.138. The molecule has 3 aromatic rings. The number of halogens is 2. The van der Waals surface area contributed by atoms with Crippen LogP contribution in [-0.4, -0.2) is 40.5 Å². The van der Waals surface area contributed by atoms with Gasteiger partial charge in [0.15, 0.2) is 17.5 Å². The molecule has 1 atom stereocenters. The smallest absolute Gasteiger partial charge is 0.171 e. The van der Waals surface area contributed by atoms with Gasteiger partial charge in [0, 0.05) is 19.2 Å². The van der Waals surface area contributed by atoms with Gasteiger partial charge in [-0.05, 0) is 66.8 Å². The molecule has 0 bridgehead atoms. The molecule has 0 spiro atoms. The van der Waals surface area contributed by atoms with Crippen LogP contribution in [0.15, 0.2) is 59.7 Å². The van der Waals surface area contributed by atoms with Gasteiger partial charge in [-0.1, -0.05) is 17.3 Å². The van der Waals surface area contributed by atoms with Crippen LogP contribution in [0.5, 0.6) is 5.75 Å². The Bertz CT molecular complexity index is 1270. The van der Waals surface area contributed by atoms with Crippen LogP contribution in [0.2, 0.25) is 0 Å². The molecular formula is C26H26F2N4O2. The molecule has 1 fully saturated rings. The number of benzene rings is 2. The van der Waals surface area contributed by atoms with Crippen LogP contribution < -0.4 is 4.74 Å². The molecule has 1 saturated heterocycles. The van der Waals surface area contributed by atoms with Gasteiger partial charge in [-0.15, -0.1) is 0 Å². The van der Waals surface area contributed by atoms with E-state index < -0.39 is 11.6 Å². The summed E-state index contributed by atoms with van der Waals surface area (Å²) in [4.78, 5) is 12.0. The van der Waals surface area contributed by atoms with E-state index in [9.17, 15) is 8.78 Å². The molecule has 0 N–H and O–H groups in total. The van der Waals surface area contributed by atoms with Crippen molar-refractivity contribution in [2.24, 2.45) is 5.16 Å². The number of hydrogen-bond donors (Lipinski definition) is 0. The van der Waals surface area contributed by atoms with Crippen LogP contribution in [-0.2, 0) is 4.84 Å². The molecule has 34 heavy (non-hydrogen) atoms. The first-order valence-electron chi connectivity index (χ1n) is 11.3. The van der Waals surface area contributed by atoms with Crippen molar-refractivity contribution in [2.75, 3.05) is 20.3 Å². The number of aryl methyl sites for hydroxylation is 1. The van der Waals surface area contributed by atoms with Crippen molar-refractivity contribution >= 4 is 11.9 Å². The van der Waals surface area contributed by atoms with Gasteiger partial charge < -0.3 is 19.0 Å². The molecule has 0 radical (unpaired) electrons. The van der Waals surface area contributed by atoms with E-state index in [1.165, 1.54) is 12.1 Å². The van der Waals surface area contributed by atoms with Crippen molar-refractivity contribution in [3.63, 3.8) is 0 Å². The molecule has 176 valence electrons. The maximum atomic E-state index is 14.0. The molecule has 1 aromatic heterocycles.